The summed E-state index contributed by atoms with van der Waals surface area (Å²) in [6.45, 7) is 0.701. The van der Waals surface area contributed by atoms with Crippen LogP contribution < -0.4 is 10.6 Å². The van der Waals surface area contributed by atoms with Gasteiger partial charge in [-0.3, -0.25) is 0 Å². The molecule has 84 valence electrons. The van der Waals surface area contributed by atoms with Crippen LogP contribution in [0.25, 0.3) is 0 Å². The van der Waals surface area contributed by atoms with Crippen LogP contribution in [-0.4, -0.2) is 20.6 Å². The van der Waals surface area contributed by atoms with Gasteiger partial charge in [0.1, 0.15) is 5.82 Å². The molecule has 3 heteroatoms. The second-order valence-corrected chi connectivity index (χ2v) is 3.91. The zero-order chi connectivity index (χ0) is 11.3. The van der Waals surface area contributed by atoms with Gasteiger partial charge in [0.2, 0.25) is 0 Å². The Morgan fingerprint density at radius 1 is 1.27 bits per heavy atom. The van der Waals surface area contributed by atoms with E-state index in [0.717, 1.165) is 30.5 Å². The summed E-state index contributed by atoms with van der Waals surface area (Å²) in [5.41, 5.74) is 7.59. The number of unbranched alkanes of at least 4 members (excludes halogenated alkanes) is 1. The van der Waals surface area contributed by atoms with Crippen LogP contribution in [0.4, 0.5) is 10.1 Å². The number of benzene rings is 1. The van der Waals surface area contributed by atoms with Crippen molar-refractivity contribution in [2.24, 2.45) is 5.73 Å². The first-order chi connectivity index (χ1) is 7.15. The van der Waals surface area contributed by atoms with E-state index in [-0.39, 0.29) is 5.82 Å². The summed E-state index contributed by atoms with van der Waals surface area (Å²) >= 11 is 0. The van der Waals surface area contributed by atoms with Gasteiger partial charge in [0.15, 0.2) is 0 Å². The molecule has 0 heterocycles. The lowest BCUT2D eigenvalue weighted by atomic mass is 10.1. The van der Waals surface area contributed by atoms with E-state index in [0.29, 0.717) is 6.54 Å². The standard InChI is InChI=1S/C12H19FN2/c1-15(2)12-7-6-11(13)9-10(12)5-3-4-8-14/h6-7,9H,3-5,8,14H2,1-2H3. The van der Waals surface area contributed by atoms with Crippen LogP contribution in [0.15, 0.2) is 18.2 Å². The molecule has 0 radical (unpaired) electrons. The van der Waals surface area contributed by atoms with E-state index in [9.17, 15) is 4.39 Å². The Labute approximate surface area is 90.9 Å². The highest BCUT2D eigenvalue weighted by Crippen LogP contribution is 2.21. The van der Waals surface area contributed by atoms with Crippen LogP contribution >= 0.6 is 0 Å². The van der Waals surface area contributed by atoms with Gasteiger partial charge in [-0.1, -0.05) is 0 Å². The van der Waals surface area contributed by atoms with Crippen LogP contribution in [0.1, 0.15) is 18.4 Å². The molecule has 0 bridgehead atoms. The van der Waals surface area contributed by atoms with Crippen molar-refractivity contribution in [3.8, 4) is 0 Å². The molecule has 0 unspecified atom stereocenters. The molecule has 0 saturated carbocycles. The number of rotatable bonds is 5. The Morgan fingerprint density at radius 2 is 2.00 bits per heavy atom. The topological polar surface area (TPSA) is 29.3 Å². The van der Waals surface area contributed by atoms with E-state index in [1.807, 2.05) is 25.1 Å². The molecule has 0 amide bonds. The molecule has 0 aliphatic rings. The van der Waals surface area contributed by atoms with Crippen molar-refractivity contribution < 1.29 is 4.39 Å². The van der Waals surface area contributed by atoms with Crippen LogP contribution in [0.3, 0.4) is 0 Å². The molecule has 0 aromatic heterocycles. The summed E-state index contributed by atoms with van der Waals surface area (Å²) in [6, 6.07) is 4.95. The van der Waals surface area contributed by atoms with Gasteiger partial charge in [0.25, 0.3) is 0 Å². The molecular formula is C12H19FN2. The lowest BCUT2D eigenvalue weighted by Crippen LogP contribution is -2.11. The summed E-state index contributed by atoms with van der Waals surface area (Å²) < 4.78 is 13.1. The predicted molar refractivity (Wildman–Crippen MR) is 62.7 cm³/mol. The third-order valence-electron chi connectivity index (χ3n) is 2.42. The molecule has 0 atom stereocenters. The maximum absolute atomic E-state index is 13.1. The molecule has 1 aromatic carbocycles. The second-order valence-electron chi connectivity index (χ2n) is 3.91. The monoisotopic (exact) mass is 210 g/mol. The van der Waals surface area contributed by atoms with E-state index in [1.165, 1.54) is 6.07 Å². The van der Waals surface area contributed by atoms with Crippen molar-refractivity contribution in [3.63, 3.8) is 0 Å². The Hall–Kier alpha value is -1.09. The van der Waals surface area contributed by atoms with Crippen molar-refractivity contribution in [1.82, 2.24) is 0 Å². The Morgan fingerprint density at radius 3 is 2.60 bits per heavy atom. The van der Waals surface area contributed by atoms with Gasteiger partial charge < -0.3 is 10.6 Å². The molecule has 0 saturated heterocycles. The maximum atomic E-state index is 13.1. The molecule has 0 aliphatic carbocycles. The van der Waals surface area contributed by atoms with Crippen LogP contribution in [0.5, 0.6) is 0 Å². The highest BCUT2D eigenvalue weighted by molar-refractivity contribution is 5.52. The predicted octanol–water partition coefficient (Wildman–Crippen LogP) is 2.17. The highest BCUT2D eigenvalue weighted by atomic mass is 19.1. The number of hydrogen-bond acceptors (Lipinski definition) is 2. The summed E-state index contributed by atoms with van der Waals surface area (Å²) in [4.78, 5) is 2.01. The van der Waals surface area contributed by atoms with Gasteiger partial charge in [0, 0.05) is 19.8 Å². The van der Waals surface area contributed by atoms with E-state index in [4.69, 9.17) is 5.73 Å². The van der Waals surface area contributed by atoms with Gasteiger partial charge >= 0.3 is 0 Å². The smallest absolute Gasteiger partial charge is 0.123 e. The quantitative estimate of drug-likeness (QED) is 0.755. The van der Waals surface area contributed by atoms with Crippen molar-refractivity contribution in [2.75, 3.05) is 25.5 Å². The zero-order valence-corrected chi connectivity index (χ0v) is 9.46. The third-order valence-corrected chi connectivity index (χ3v) is 2.42. The van der Waals surface area contributed by atoms with E-state index in [2.05, 4.69) is 0 Å². The first-order valence-corrected chi connectivity index (χ1v) is 5.31. The minimum absolute atomic E-state index is 0.164. The number of anilines is 1. The first-order valence-electron chi connectivity index (χ1n) is 5.31. The fourth-order valence-corrected chi connectivity index (χ4v) is 1.65. The molecular weight excluding hydrogens is 191 g/mol. The molecule has 0 aliphatic heterocycles. The number of halogens is 1. The summed E-state index contributed by atoms with van der Waals surface area (Å²) in [7, 11) is 3.94. The summed E-state index contributed by atoms with van der Waals surface area (Å²) in [5.74, 6) is -0.164. The fourth-order valence-electron chi connectivity index (χ4n) is 1.65. The molecule has 2 nitrogen and oxygen atoms in total. The average Bonchev–Trinajstić information content (AvgIpc) is 2.18. The fraction of sp³-hybridized carbons (Fsp3) is 0.500. The maximum Gasteiger partial charge on any atom is 0.123 e. The van der Waals surface area contributed by atoms with E-state index < -0.39 is 0 Å². The average molecular weight is 210 g/mol. The molecule has 0 spiro atoms. The van der Waals surface area contributed by atoms with Crippen molar-refractivity contribution in [2.45, 2.75) is 19.3 Å². The van der Waals surface area contributed by atoms with Crippen LogP contribution in [0, 0.1) is 5.82 Å². The van der Waals surface area contributed by atoms with Crippen molar-refractivity contribution in [1.29, 1.82) is 0 Å². The number of hydrogen-bond donors (Lipinski definition) is 1. The third kappa shape index (κ3) is 3.51. The highest BCUT2D eigenvalue weighted by Gasteiger charge is 2.05. The largest absolute Gasteiger partial charge is 0.377 e. The second kappa shape index (κ2) is 5.71. The number of nitrogens with zero attached hydrogens (tertiary/aromatic N) is 1. The molecule has 0 fully saturated rings. The molecule has 1 rings (SSSR count). The van der Waals surface area contributed by atoms with Gasteiger partial charge in [-0.15, -0.1) is 0 Å². The minimum Gasteiger partial charge on any atom is -0.377 e. The minimum atomic E-state index is -0.164. The van der Waals surface area contributed by atoms with Crippen molar-refractivity contribution >= 4 is 5.69 Å². The van der Waals surface area contributed by atoms with Gasteiger partial charge in [-0.25, -0.2) is 4.39 Å². The Kier molecular flexibility index (Phi) is 4.56. The Balaban J connectivity index is 2.77. The Bertz CT molecular complexity index is 310. The first kappa shape index (κ1) is 12.0. The van der Waals surface area contributed by atoms with Crippen LogP contribution in [0.2, 0.25) is 0 Å². The van der Waals surface area contributed by atoms with Gasteiger partial charge in [-0.05, 0) is 49.6 Å². The number of nitrogens with two attached hydrogens (primary N) is 1. The normalized spacial score (nSPS) is 10.4. The molecule has 15 heavy (non-hydrogen) atoms. The lowest BCUT2D eigenvalue weighted by molar-refractivity contribution is 0.623. The summed E-state index contributed by atoms with van der Waals surface area (Å²) in [5, 5.41) is 0. The van der Waals surface area contributed by atoms with Gasteiger partial charge in [0.05, 0.1) is 0 Å². The summed E-state index contributed by atoms with van der Waals surface area (Å²) in [6.07, 6.45) is 2.90. The lowest BCUT2D eigenvalue weighted by Gasteiger charge is -2.17. The number of aryl methyl sites for hydroxylation is 1. The zero-order valence-electron chi connectivity index (χ0n) is 9.46. The van der Waals surface area contributed by atoms with Crippen LogP contribution in [-0.2, 0) is 6.42 Å². The van der Waals surface area contributed by atoms with Gasteiger partial charge in [-0.2, -0.15) is 0 Å². The van der Waals surface area contributed by atoms with Crippen molar-refractivity contribution in [3.05, 3.63) is 29.6 Å². The van der Waals surface area contributed by atoms with E-state index in [1.54, 1.807) is 6.07 Å². The molecule has 1 aromatic rings. The molecule has 2 N–H and O–H groups in total. The SMILES string of the molecule is CN(C)c1ccc(F)cc1CCCCN. The van der Waals surface area contributed by atoms with E-state index >= 15 is 0 Å².